The molecule has 4 N–H and O–H groups in total. The molecule has 0 spiro atoms. The Labute approximate surface area is 201 Å². The summed E-state index contributed by atoms with van der Waals surface area (Å²) in [6.07, 6.45) is 5.71. The Morgan fingerprint density at radius 3 is 2.18 bits per heavy atom. The van der Waals surface area contributed by atoms with Crippen molar-refractivity contribution in [2.24, 2.45) is 5.73 Å². The van der Waals surface area contributed by atoms with Crippen LogP contribution in [0.3, 0.4) is 0 Å². The first kappa shape index (κ1) is 23.7. The van der Waals surface area contributed by atoms with Crippen molar-refractivity contribution in [3.05, 3.63) is 95.6 Å². The molecule has 1 amide bonds. The molecule has 2 unspecified atom stereocenters. The second-order valence-electron chi connectivity index (χ2n) is 9.16. The summed E-state index contributed by atoms with van der Waals surface area (Å²) in [5, 5.41) is 12.3. The van der Waals surface area contributed by atoms with E-state index in [-0.39, 0.29) is 24.3 Å². The highest BCUT2D eigenvalue weighted by atomic mass is 16.4. The predicted octanol–water partition coefficient (Wildman–Crippen LogP) is 5.15. The van der Waals surface area contributed by atoms with Crippen LogP contribution in [0.1, 0.15) is 59.5 Å². The van der Waals surface area contributed by atoms with E-state index in [9.17, 15) is 9.59 Å². The number of benzene rings is 3. The number of carboxylic acids is 1. The van der Waals surface area contributed by atoms with Crippen molar-refractivity contribution in [2.75, 3.05) is 0 Å². The molecule has 0 saturated heterocycles. The van der Waals surface area contributed by atoms with Gasteiger partial charge in [0.2, 0.25) is 0 Å². The maximum Gasteiger partial charge on any atom is 0.320 e. The highest BCUT2D eigenvalue weighted by Crippen LogP contribution is 2.33. The standard InChI is InChI=1S/C29H32N2O3/c30-26(29(33)34)19-20-11-13-24(14-12-20)28(32)31-27-10-6-2-5-9-25(27)23-17-15-22(16-18-23)21-7-3-1-4-8-21/h1,3-4,7-8,11-18,25-27H,2,5-6,9-10,19,30H2,(H,31,32)(H,33,34)/t25?,26-,27?/m0/s1. The Kier molecular flexibility index (Phi) is 7.76. The molecule has 3 aromatic carbocycles. The lowest BCUT2D eigenvalue weighted by Gasteiger charge is -2.27. The fraction of sp³-hybridized carbons (Fsp3) is 0.310. The van der Waals surface area contributed by atoms with E-state index in [2.05, 4.69) is 41.7 Å². The Morgan fingerprint density at radius 1 is 0.853 bits per heavy atom. The van der Waals surface area contributed by atoms with Crippen LogP contribution in [0.15, 0.2) is 78.9 Å². The van der Waals surface area contributed by atoms with Gasteiger partial charge in [-0.1, -0.05) is 86.0 Å². The topological polar surface area (TPSA) is 92.4 Å². The third-order valence-corrected chi connectivity index (χ3v) is 6.77. The summed E-state index contributed by atoms with van der Waals surface area (Å²) >= 11 is 0. The smallest absolute Gasteiger partial charge is 0.320 e. The van der Waals surface area contributed by atoms with Gasteiger partial charge in [-0.05, 0) is 53.6 Å². The molecule has 0 aromatic heterocycles. The Balaban J connectivity index is 1.46. The Morgan fingerprint density at radius 2 is 1.50 bits per heavy atom. The first-order valence-corrected chi connectivity index (χ1v) is 12.0. The Bertz CT molecular complexity index is 1090. The monoisotopic (exact) mass is 456 g/mol. The zero-order valence-electron chi connectivity index (χ0n) is 19.3. The third kappa shape index (κ3) is 5.91. The van der Waals surface area contributed by atoms with Crippen LogP contribution in [0.25, 0.3) is 11.1 Å². The van der Waals surface area contributed by atoms with Crippen molar-refractivity contribution in [2.45, 2.75) is 56.5 Å². The number of nitrogens with two attached hydrogens (primary N) is 1. The van der Waals surface area contributed by atoms with E-state index < -0.39 is 12.0 Å². The number of amides is 1. The first-order chi connectivity index (χ1) is 16.5. The van der Waals surface area contributed by atoms with Gasteiger partial charge in [0.15, 0.2) is 0 Å². The van der Waals surface area contributed by atoms with Gasteiger partial charge in [0, 0.05) is 17.5 Å². The van der Waals surface area contributed by atoms with Crippen molar-refractivity contribution in [3.63, 3.8) is 0 Å². The lowest BCUT2D eigenvalue weighted by atomic mass is 9.86. The van der Waals surface area contributed by atoms with E-state index in [0.717, 1.165) is 31.2 Å². The van der Waals surface area contributed by atoms with Crippen LogP contribution < -0.4 is 11.1 Å². The number of carbonyl (C=O) groups is 2. The van der Waals surface area contributed by atoms with Gasteiger partial charge < -0.3 is 16.2 Å². The predicted molar refractivity (Wildman–Crippen MR) is 135 cm³/mol. The van der Waals surface area contributed by atoms with Crippen LogP contribution in [0.5, 0.6) is 0 Å². The van der Waals surface area contributed by atoms with Crippen LogP contribution in [-0.4, -0.2) is 29.1 Å². The second kappa shape index (κ2) is 11.1. The van der Waals surface area contributed by atoms with Crippen LogP contribution in [-0.2, 0) is 11.2 Å². The molecule has 4 rings (SSSR count). The minimum Gasteiger partial charge on any atom is -0.480 e. The zero-order chi connectivity index (χ0) is 23.9. The van der Waals surface area contributed by atoms with Crippen LogP contribution >= 0.6 is 0 Å². The lowest BCUT2D eigenvalue weighted by Crippen LogP contribution is -2.38. The minimum atomic E-state index is -1.03. The van der Waals surface area contributed by atoms with Crippen molar-refractivity contribution in [3.8, 4) is 11.1 Å². The van der Waals surface area contributed by atoms with Crippen LogP contribution in [0.4, 0.5) is 0 Å². The molecule has 3 aromatic rings. The summed E-state index contributed by atoms with van der Waals surface area (Å²) in [5.74, 6) is -0.839. The van der Waals surface area contributed by atoms with Gasteiger partial charge >= 0.3 is 5.97 Å². The van der Waals surface area contributed by atoms with Gasteiger partial charge in [0.1, 0.15) is 6.04 Å². The molecule has 0 bridgehead atoms. The van der Waals surface area contributed by atoms with Gasteiger partial charge in [0.05, 0.1) is 0 Å². The van der Waals surface area contributed by atoms with Gasteiger partial charge in [0.25, 0.3) is 5.91 Å². The summed E-state index contributed by atoms with van der Waals surface area (Å²) in [6.45, 7) is 0. The molecule has 1 saturated carbocycles. The number of hydrogen-bond donors (Lipinski definition) is 3. The minimum absolute atomic E-state index is 0.0812. The summed E-state index contributed by atoms with van der Waals surface area (Å²) in [4.78, 5) is 24.0. The zero-order valence-corrected chi connectivity index (χ0v) is 19.3. The number of nitrogens with one attached hydrogen (secondary N) is 1. The van der Waals surface area contributed by atoms with E-state index in [1.54, 1.807) is 24.3 Å². The molecule has 176 valence electrons. The molecule has 1 aliphatic rings. The number of hydrogen-bond acceptors (Lipinski definition) is 3. The molecule has 3 atom stereocenters. The molecule has 34 heavy (non-hydrogen) atoms. The van der Waals surface area contributed by atoms with Gasteiger partial charge in [-0.3, -0.25) is 9.59 Å². The summed E-state index contributed by atoms with van der Waals surface area (Å²) < 4.78 is 0. The van der Waals surface area contributed by atoms with E-state index in [1.165, 1.54) is 23.1 Å². The van der Waals surface area contributed by atoms with Crippen molar-refractivity contribution in [1.29, 1.82) is 0 Å². The number of carboxylic acid groups (broad SMARTS) is 1. The van der Waals surface area contributed by atoms with Gasteiger partial charge in [-0.15, -0.1) is 0 Å². The van der Waals surface area contributed by atoms with Crippen molar-refractivity contribution >= 4 is 11.9 Å². The van der Waals surface area contributed by atoms with Crippen LogP contribution in [0, 0.1) is 0 Å². The van der Waals surface area contributed by atoms with Gasteiger partial charge in [-0.2, -0.15) is 0 Å². The van der Waals surface area contributed by atoms with E-state index >= 15 is 0 Å². The maximum atomic E-state index is 13.1. The molecule has 1 aliphatic carbocycles. The number of aliphatic carboxylic acids is 1. The molecular formula is C29H32N2O3. The average molecular weight is 457 g/mol. The van der Waals surface area contributed by atoms with E-state index in [1.807, 2.05) is 18.2 Å². The largest absolute Gasteiger partial charge is 0.480 e. The molecule has 0 aliphatic heterocycles. The average Bonchev–Trinajstić information content (AvgIpc) is 3.10. The summed E-state index contributed by atoms with van der Waals surface area (Å²) in [5.41, 5.74) is 10.7. The van der Waals surface area contributed by atoms with Crippen molar-refractivity contribution in [1.82, 2.24) is 5.32 Å². The molecule has 1 fully saturated rings. The van der Waals surface area contributed by atoms with Crippen molar-refractivity contribution < 1.29 is 14.7 Å². The van der Waals surface area contributed by atoms with Gasteiger partial charge in [-0.25, -0.2) is 0 Å². The summed E-state index contributed by atoms with van der Waals surface area (Å²) in [6, 6.07) is 25.3. The normalized spacial score (nSPS) is 19.1. The molecule has 5 heteroatoms. The fourth-order valence-corrected chi connectivity index (χ4v) is 4.82. The molecular weight excluding hydrogens is 424 g/mol. The van der Waals surface area contributed by atoms with E-state index in [4.69, 9.17) is 10.8 Å². The quantitative estimate of drug-likeness (QED) is 0.429. The molecule has 0 radical (unpaired) electrons. The number of rotatable bonds is 7. The number of carbonyl (C=O) groups excluding carboxylic acids is 1. The second-order valence-corrected chi connectivity index (χ2v) is 9.16. The fourth-order valence-electron chi connectivity index (χ4n) is 4.82. The Hall–Kier alpha value is -3.44. The highest BCUT2D eigenvalue weighted by molar-refractivity contribution is 5.94. The lowest BCUT2D eigenvalue weighted by molar-refractivity contribution is -0.138. The maximum absolute atomic E-state index is 13.1. The SMILES string of the molecule is N[C@@H](Cc1ccc(C(=O)NC2CCCCCC2c2ccc(-c3ccccc3)cc2)cc1)C(=O)O. The molecule has 0 heterocycles. The van der Waals surface area contributed by atoms with Crippen LogP contribution in [0.2, 0.25) is 0 Å². The third-order valence-electron chi connectivity index (χ3n) is 6.77. The van der Waals surface area contributed by atoms with E-state index in [0.29, 0.717) is 5.56 Å². The highest BCUT2D eigenvalue weighted by Gasteiger charge is 2.27. The first-order valence-electron chi connectivity index (χ1n) is 12.0. The molecule has 5 nitrogen and oxygen atoms in total. The summed E-state index contributed by atoms with van der Waals surface area (Å²) in [7, 11) is 0.